The molecule has 0 aliphatic rings. The molecule has 1 amide bonds. The monoisotopic (exact) mass is 291 g/mol. The highest BCUT2D eigenvalue weighted by Crippen LogP contribution is 2.26. The van der Waals surface area contributed by atoms with Crippen molar-refractivity contribution in [1.29, 1.82) is 0 Å². The first kappa shape index (κ1) is 17.0. The van der Waals surface area contributed by atoms with Crippen LogP contribution in [0.5, 0.6) is 0 Å². The van der Waals surface area contributed by atoms with Crippen molar-refractivity contribution in [2.45, 2.75) is 52.0 Å². The maximum atomic E-state index is 12.6. The summed E-state index contributed by atoms with van der Waals surface area (Å²) in [6.07, 6.45) is 0.520. The van der Waals surface area contributed by atoms with Crippen LogP contribution in [0.4, 0.5) is 0 Å². The van der Waals surface area contributed by atoms with Crippen molar-refractivity contribution in [3.8, 4) is 0 Å². The molecule has 0 saturated carbocycles. The highest BCUT2D eigenvalue weighted by Gasteiger charge is 2.31. The molecular formula is C16H25N3O2. The molecule has 21 heavy (non-hydrogen) atoms. The summed E-state index contributed by atoms with van der Waals surface area (Å²) in [4.78, 5) is 12.6. The van der Waals surface area contributed by atoms with Gasteiger partial charge in [0.25, 0.3) is 5.91 Å². The van der Waals surface area contributed by atoms with E-state index in [4.69, 9.17) is 10.9 Å². The van der Waals surface area contributed by atoms with Crippen molar-refractivity contribution in [1.82, 2.24) is 5.32 Å². The van der Waals surface area contributed by atoms with E-state index < -0.39 is 5.54 Å². The summed E-state index contributed by atoms with van der Waals surface area (Å²) >= 11 is 0. The Kier molecular flexibility index (Phi) is 4.99. The van der Waals surface area contributed by atoms with Crippen LogP contribution in [0.3, 0.4) is 0 Å². The summed E-state index contributed by atoms with van der Waals surface area (Å²) in [7, 11) is 0. The van der Waals surface area contributed by atoms with Gasteiger partial charge in [0.15, 0.2) is 5.84 Å². The first-order chi connectivity index (χ1) is 9.65. The minimum Gasteiger partial charge on any atom is -0.409 e. The van der Waals surface area contributed by atoms with Crippen LogP contribution in [0, 0.1) is 0 Å². The summed E-state index contributed by atoms with van der Waals surface area (Å²) in [6, 6.07) is 7.48. The number of benzene rings is 1. The standard InChI is InChI=1S/C16H25N3O2/c1-6-16(5,14(17)19-21)18-13(20)11-9-7-8-10-12(11)15(2,3)4/h7-10,21H,6H2,1-5H3,(H2,17,19)(H,18,20). The fourth-order valence-electron chi connectivity index (χ4n) is 2.10. The Morgan fingerprint density at radius 1 is 1.29 bits per heavy atom. The number of hydrogen-bond donors (Lipinski definition) is 3. The van der Waals surface area contributed by atoms with Crippen LogP contribution in [0.2, 0.25) is 0 Å². The van der Waals surface area contributed by atoms with Gasteiger partial charge in [-0.25, -0.2) is 0 Å². The van der Waals surface area contributed by atoms with Gasteiger partial charge in [-0.05, 0) is 30.4 Å². The first-order valence-corrected chi connectivity index (χ1v) is 7.05. The van der Waals surface area contributed by atoms with E-state index in [1.807, 2.05) is 25.1 Å². The number of amides is 1. The fourth-order valence-corrected chi connectivity index (χ4v) is 2.10. The summed E-state index contributed by atoms with van der Waals surface area (Å²) in [5.74, 6) is -0.233. The van der Waals surface area contributed by atoms with Crippen molar-refractivity contribution >= 4 is 11.7 Å². The summed E-state index contributed by atoms with van der Waals surface area (Å²) in [6.45, 7) is 9.78. The molecule has 0 aromatic heterocycles. The lowest BCUT2D eigenvalue weighted by Gasteiger charge is -2.29. The smallest absolute Gasteiger partial charge is 0.252 e. The van der Waals surface area contributed by atoms with Crippen molar-refractivity contribution in [3.05, 3.63) is 35.4 Å². The molecule has 4 N–H and O–H groups in total. The molecule has 1 rings (SSSR count). The lowest BCUT2D eigenvalue weighted by Crippen LogP contribution is -2.55. The van der Waals surface area contributed by atoms with Crippen LogP contribution in [-0.4, -0.2) is 22.5 Å². The predicted molar refractivity (Wildman–Crippen MR) is 84.7 cm³/mol. The molecule has 1 unspecified atom stereocenters. The van der Waals surface area contributed by atoms with E-state index in [1.165, 1.54) is 0 Å². The van der Waals surface area contributed by atoms with Gasteiger partial charge >= 0.3 is 0 Å². The first-order valence-electron chi connectivity index (χ1n) is 7.05. The molecule has 0 aliphatic carbocycles. The van der Waals surface area contributed by atoms with E-state index in [1.54, 1.807) is 13.0 Å². The predicted octanol–water partition coefficient (Wildman–Crippen LogP) is 2.63. The average molecular weight is 291 g/mol. The van der Waals surface area contributed by atoms with E-state index >= 15 is 0 Å². The Morgan fingerprint density at radius 2 is 1.86 bits per heavy atom. The molecule has 1 atom stereocenters. The minimum atomic E-state index is -0.878. The molecule has 5 nitrogen and oxygen atoms in total. The number of carbonyl (C=O) groups excluding carboxylic acids is 1. The maximum absolute atomic E-state index is 12.6. The van der Waals surface area contributed by atoms with E-state index in [0.29, 0.717) is 12.0 Å². The van der Waals surface area contributed by atoms with Crippen LogP contribution in [0.1, 0.15) is 57.0 Å². The van der Waals surface area contributed by atoms with Crippen LogP contribution >= 0.6 is 0 Å². The van der Waals surface area contributed by atoms with Crippen LogP contribution < -0.4 is 11.1 Å². The molecule has 0 bridgehead atoms. The van der Waals surface area contributed by atoms with Crippen molar-refractivity contribution in [2.24, 2.45) is 10.9 Å². The van der Waals surface area contributed by atoms with Gasteiger partial charge in [0.05, 0.1) is 5.54 Å². The average Bonchev–Trinajstić information content (AvgIpc) is 2.45. The molecule has 1 aromatic carbocycles. The third-order valence-corrected chi connectivity index (χ3v) is 3.75. The van der Waals surface area contributed by atoms with Gasteiger partial charge in [-0.15, -0.1) is 0 Å². The second kappa shape index (κ2) is 6.16. The number of oxime groups is 1. The van der Waals surface area contributed by atoms with Crippen LogP contribution in [0.25, 0.3) is 0 Å². The van der Waals surface area contributed by atoms with Crippen LogP contribution in [0.15, 0.2) is 29.4 Å². The topological polar surface area (TPSA) is 87.7 Å². The van der Waals surface area contributed by atoms with Crippen molar-refractivity contribution < 1.29 is 10.0 Å². The SMILES string of the molecule is CCC(C)(NC(=O)c1ccccc1C(C)(C)C)/C(N)=N/O. The molecule has 5 heteroatoms. The van der Waals surface area contributed by atoms with Crippen molar-refractivity contribution in [3.63, 3.8) is 0 Å². The molecule has 0 radical (unpaired) electrons. The number of nitrogens with zero attached hydrogens (tertiary/aromatic N) is 1. The molecule has 0 saturated heterocycles. The van der Waals surface area contributed by atoms with Gasteiger partial charge in [-0.1, -0.05) is 51.0 Å². The summed E-state index contributed by atoms with van der Waals surface area (Å²) < 4.78 is 0. The lowest BCUT2D eigenvalue weighted by atomic mass is 9.83. The van der Waals surface area contributed by atoms with Gasteiger partial charge < -0.3 is 16.3 Å². The van der Waals surface area contributed by atoms with Gasteiger partial charge in [0.2, 0.25) is 0 Å². The minimum absolute atomic E-state index is 0.00779. The quantitative estimate of drug-likeness (QED) is 0.345. The number of nitrogens with two attached hydrogens (primary N) is 1. The second-order valence-corrected chi connectivity index (χ2v) is 6.42. The van der Waals surface area contributed by atoms with Gasteiger partial charge in [-0.3, -0.25) is 4.79 Å². The Bertz CT molecular complexity index is 547. The maximum Gasteiger partial charge on any atom is 0.252 e. The zero-order valence-corrected chi connectivity index (χ0v) is 13.4. The number of hydrogen-bond acceptors (Lipinski definition) is 3. The zero-order chi connectivity index (χ0) is 16.3. The molecular weight excluding hydrogens is 266 g/mol. The summed E-state index contributed by atoms with van der Waals surface area (Å²) in [5.41, 5.74) is 6.24. The normalized spacial score (nSPS) is 15.4. The Morgan fingerprint density at radius 3 is 2.33 bits per heavy atom. The third kappa shape index (κ3) is 3.74. The number of amidine groups is 1. The van der Waals surface area contributed by atoms with E-state index in [0.717, 1.165) is 5.56 Å². The van der Waals surface area contributed by atoms with Crippen LogP contribution in [-0.2, 0) is 5.41 Å². The molecule has 1 aromatic rings. The summed E-state index contributed by atoms with van der Waals surface area (Å²) in [5, 5.41) is 14.8. The fraction of sp³-hybridized carbons (Fsp3) is 0.500. The van der Waals surface area contributed by atoms with E-state index in [2.05, 4.69) is 31.2 Å². The third-order valence-electron chi connectivity index (χ3n) is 3.75. The molecule has 0 aliphatic heterocycles. The molecule has 0 heterocycles. The lowest BCUT2D eigenvalue weighted by molar-refractivity contribution is 0.0922. The highest BCUT2D eigenvalue weighted by atomic mass is 16.4. The van der Waals surface area contributed by atoms with Crippen molar-refractivity contribution in [2.75, 3.05) is 0 Å². The van der Waals surface area contributed by atoms with E-state index in [9.17, 15) is 4.79 Å². The number of carbonyl (C=O) groups is 1. The molecule has 0 spiro atoms. The van der Waals surface area contributed by atoms with Gasteiger partial charge in [-0.2, -0.15) is 0 Å². The van der Waals surface area contributed by atoms with Gasteiger partial charge in [0, 0.05) is 5.56 Å². The van der Waals surface area contributed by atoms with Gasteiger partial charge in [0.1, 0.15) is 0 Å². The Labute approximate surface area is 126 Å². The van der Waals surface area contributed by atoms with E-state index in [-0.39, 0.29) is 17.2 Å². The Balaban J connectivity index is 3.17. The highest BCUT2D eigenvalue weighted by molar-refractivity contribution is 6.01. The largest absolute Gasteiger partial charge is 0.409 e. The number of nitrogens with one attached hydrogen (secondary N) is 1. The number of rotatable bonds is 4. The molecule has 0 fully saturated rings. The molecule has 116 valence electrons. The zero-order valence-electron chi connectivity index (χ0n) is 13.4. The second-order valence-electron chi connectivity index (χ2n) is 6.42. The Hall–Kier alpha value is -2.04.